The third-order valence-corrected chi connectivity index (χ3v) is 3.87. The molecule has 0 radical (unpaired) electrons. The van der Waals surface area contributed by atoms with E-state index in [1.807, 2.05) is 43.3 Å². The van der Waals surface area contributed by atoms with Crippen molar-refractivity contribution in [2.75, 3.05) is 6.54 Å². The van der Waals surface area contributed by atoms with E-state index in [0.29, 0.717) is 22.8 Å². The normalized spacial score (nSPS) is 10.7. The number of fused-ring (bicyclic) bond motifs is 1. The molecule has 23 heavy (non-hydrogen) atoms. The summed E-state index contributed by atoms with van der Waals surface area (Å²) in [6.45, 7) is 2.38. The van der Waals surface area contributed by atoms with Crippen LogP contribution in [0.2, 0.25) is 5.02 Å². The molecular formula is C18H16ClN3O. The molecule has 0 bridgehead atoms. The predicted octanol–water partition coefficient (Wildman–Crippen LogP) is 3.56. The van der Waals surface area contributed by atoms with Gasteiger partial charge in [0, 0.05) is 29.3 Å². The van der Waals surface area contributed by atoms with Crippen molar-refractivity contribution < 1.29 is 4.79 Å². The lowest BCUT2D eigenvalue weighted by Gasteiger charge is -2.09. The largest absolute Gasteiger partial charge is 0.352 e. The standard InChI is InChI=1S/C18H16ClN3O/c1-12-16(10-14-11-20-7-6-17(14)22-12)18(23)21-8-5-13-3-2-4-15(19)9-13/h2-4,6-7,9-11H,5,8H2,1H3,(H,21,23). The fraction of sp³-hybridized carbons (Fsp3) is 0.167. The van der Waals surface area contributed by atoms with Crippen LogP contribution >= 0.6 is 11.6 Å². The fourth-order valence-electron chi connectivity index (χ4n) is 2.45. The van der Waals surface area contributed by atoms with Crippen molar-refractivity contribution in [3.8, 4) is 0 Å². The summed E-state index contributed by atoms with van der Waals surface area (Å²) in [5.74, 6) is -0.122. The van der Waals surface area contributed by atoms with E-state index in [1.165, 1.54) is 0 Å². The van der Waals surface area contributed by atoms with Crippen LogP contribution in [0.15, 0.2) is 48.8 Å². The molecule has 1 aromatic carbocycles. The first-order valence-corrected chi connectivity index (χ1v) is 7.75. The van der Waals surface area contributed by atoms with E-state index in [-0.39, 0.29) is 5.91 Å². The smallest absolute Gasteiger partial charge is 0.253 e. The first-order valence-electron chi connectivity index (χ1n) is 7.37. The summed E-state index contributed by atoms with van der Waals surface area (Å²) in [7, 11) is 0. The van der Waals surface area contributed by atoms with Crippen molar-refractivity contribution in [3.05, 3.63) is 70.6 Å². The van der Waals surface area contributed by atoms with Crippen molar-refractivity contribution in [2.24, 2.45) is 0 Å². The summed E-state index contributed by atoms with van der Waals surface area (Å²) in [6.07, 6.45) is 4.14. The lowest BCUT2D eigenvalue weighted by Crippen LogP contribution is -2.26. The number of hydrogen-bond acceptors (Lipinski definition) is 3. The molecule has 0 aliphatic heterocycles. The van der Waals surface area contributed by atoms with Crippen LogP contribution in [0.1, 0.15) is 21.6 Å². The number of aryl methyl sites for hydroxylation is 1. The van der Waals surface area contributed by atoms with Crippen molar-refractivity contribution in [2.45, 2.75) is 13.3 Å². The van der Waals surface area contributed by atoms with E-state index in [2.05, 4.69) is 15.3 Å². The number of pyridine rings is 2. The third-order valence-electron chi connectivity index (χ3n) is 3.64. The number of benzene rings is 1. The molecule has 116 valence electrons. The maximum absolute atomic E-state index is 12.4. The molecule has 5 heteroatoms. The summed E-state index contributed by atoms with van der Waals surface area (Å²) in [5.41, 5.74) is 3.23. The van der Waals surface area contributed by atoms with Gasteiger partial charge in [0.15, 0.2) is 0 Å². The molecule has 0 saturated heterocycles. The van der Waals surface area contributed by atoms with Crippen LogP contribution in [0.5, 0.6) is 0 Å². The summed E-state index contributed by atoms with van der Waals surface area (Å²) < 4.78 is 0. The highest BCUT2D eigenvalue weighted by Gasteiger charge is 2.11. The molecule has 0 unspecified atom stereocenters. The van der Waals surface area contributed by atoms with E-state index in [1.54, 1.807) is 12.4 Å². The monoisotopic (exact) mass is 325 g/mol. The topological polar surface area (TPSA) is 54.9 Å². The van der Waals surface area contributed by atoms with Gasteiger partial charge in [-0.05, 0) is 43.2 Å². The first-order chi connectivity index (χ1) is 11.1. The molecule has 0 spiro atoms. The van der Waals surface area contributed by atoms with Gasteiger partial charge < -0.3 is 5.32 Å². The number of hydrogen-bond donors (Lipinski definition) is 1. The molecule has 4 nitrogen and oxygen atoms in total. The highest BCUT2D eigenvalue weighted by atomic mass is 35.5. The van der Waals surface area contributed by atoms with Crippen molar-refractivity contribution in [1.29, 1.82) is 0 Å². The molecule has 3 rings (SSSR count). The van der Waals surface area contributed by atoms with Gasteiger partial charge in [0.1, 0.15) is 0 Å². The SMILES string of the molecule is Cc1nc2ccncc2cc1C(=O)NCCc1cccc(Cl)c1. The van der Waals surface area contributed by atoms with E-state index in [9.17, 15) is 4.79 Å². The fourth-order valence-corrected chi connectivity index (χ4v) is 2.66. The number of amides is 1. The van der Waals surface area contributed by atoms with Gasteiger partial charge in [-0.25, -0.2) is 0 Å². The van der Waals surface area contributed by atoms with E-state index < -0.39 is 0 Å². The number of nitrogens with zero attached hydrogens (tertiary/aromatic N) is 2. The van der Waals surface area contributed by atoms with Crippen molar-refractivity contribution in [1.82, 2.24) is 15.3 Å². The zero-order chi connectivity index (χ0) is 16.2. The average Bonchev–Trinajstić information content (AvgIpc) is 2.54. The summed E-state index contributed by atoms with van der Waals surface area (Å²) in [4.78, 5) is 20.9. The molecule has 0 saturated carbocycles. The lowest BCUT2D eigenvalue weighted by molar-refractivity contribution is 0.0953. The number of rotatable bonds is 4. The van der Waals surface area contributed by atoms with Gasteiger partial charge in [0.25, 0.3) is 5.91 Å². The minimum absolute atomic E-state index is 0.122. The van der Waals surface area contributed by atoms with Crippen LogP contribution in [0.4, 0.5) is 0 Å². The van der Waals surface area contributed by atoms with Crippen molar-refractivity contribution >= 4 is 28.4 Å². The molecule has 2 heterocycles. The Morgan fingerprint density at radius 1 is 1.26 bits per heavy atom. The van der Waals surface area contributed by atoms with Gasteiger partial charge in [-0.2, -0.15) is 0 Å². The number of carbonyl (C=O) groups excluding carboxylic acids is 1. The Morgan fingerprint density at radius 2 is 2.13 bits per heavy atom. The number of halogens is 1. The molecular weight excluding hydrogens is 310 g/mol. The summed E-state index contributed by atoms with van der Waals surface area (Å²) >= 11 is 5.96. The number of nitrogens with one attached hydrogen (secondary N) is 1. The third kappa shape index (κ3) is 3.66. The van der Waals surface area contributed by atoms with Crippen LogP contribution < -0.4 is 5.32 Å². The molecule has 0 aliphatic rings. The number of aromatic nitrogens is 2. The van der Waals surface area contributed by atoms with E-state index in [4.69, 9.17) is 11.6 Å². The maximum Gasteiger partial charge on any atom is 0.253 e. The minimum atomic E-state index is -0.122. The maximum atomic E-state index is 12.4. The van der Waals surface area contributed by atoms with Crippen LogP contribution in [-0.2, 0) is 6.42 Å². The molecule has 0 fully saturated rings. The molecule has 3 aromatic rings. The Kier molecular flexibility index (Phi) is 4.53. The van der Waals surface area contributed by atoms with Gasteiger partial charge in [0.05, 0.1) is 16.8 Å². The van der Waals surface area contributed by atoms with Crippen LogP contribution in [0.3, 0.4) is 0 Å². The molecule has 1 N–H and O–H groups in total. The van der Waals surface area contributed by atoms with Gasteiger partial charge in [-0.1, -0.05) is 23.7 Å². The van der Waals surface area contributed by atoms with Gasteiger partial charge >= 0.3 is 0 Å². The van der Waals surface area contributed by atoms with E-state index >= 15 is 0 Å². The molecule has 0 aliphatic carbocycles. The van der Waals surface area contributed by atoms with Gasteiger partial charge in [0.2, 0.25) is 0 Å². The van der Waals surface area contributed by atoms with Gasteiger partial charge in [-0.15, -0.1) is 0 Å². The molecule has 0 atom stereocenters. The average molecular weight is 326 g/mol. The van der Waals surface area contributed by atoms with Crippen LogP contribution in [-0.4, -0.2) is 22.4 Å². The van der Waals surface area contributed by atoms with Crippen LogP contribution in [0, 0.1) is 6.92 Å². The predicted molar refractivity (Wildman–Crippen MR) is 91.8 cm³/mol. The van der Waals surface area contributed by atoms with E-state index in [0.717, 1.165) is 22.9 Å². The minimum Gasteiger partial charge on any atom is -0.352 e. The Hall–Kier alpha value is -2.46. The Morgan fingerprint density at radius 3 is 2.96 bits per heavy atom. The van der Waals surface area contributed by atoms with Crippen molar-refractivity contribution in [3.63, 3.8) is 0 Å². The summed E-state index contributed by atoms with van der Waals surface area (Å²) in [5, 5.41) is 4.49. The van der Waals surface area contributed by atoms with Gasteiger partial charge in [-0.3, -0.25) is 14.8 Å². The second kappa shape index (κ2) is 6.75. The zero-order valence-electron chi connectivity index (χ0n) is 12.7. The second-order valence-corrected chi connectivity index (χ2v) is 5.76. The lowest BCUT2D eigenvalue weighted by atomic mass is 10.1. The number of carbonyl (C=O) groups is 1. The highest BCUT2D eigenvalue weighted by molar-refractivity contribution is 6.30. The Labute approximate surface area is 139 Å². The second-order valence-electron chi connectivity index (χ2n) is 5.33. The highest BCUT2D eigenvalue weighted by Crippen LogP contribution is 2.15. The Bertz CT molecular complexity index is 864. The molecule has 1 amide bonds. The summed E-state index contributed by atoms with van der Waals surface area (Å²) in [6, 6.07) is 11.3. The van der Waals surface area contributed by atoms with Crippen LogP contribution in [0.25, 0.3) is 10.9 Å². The zero-order valence-corrected chi connectivity index (χ0v) is 13.5. The molecule has 2 aromatic heterocycles. The quantitative estimate of drug-likeness (QED) is 0.798. The first kappa shape index (κ1) is 15.4. The Balaban J connectivity index is 1.69.